The van der Waals surface area contributed by atoms with Crippen LogP contribution in [0.1, 0.15) is 18.2 Å². The molecule has 0 saturated heterocycles. The van der Waals surface area contributed by atoms with Crippen molar-refractivity contribution in [1.82, 2.24) is 0 Å². The summed E-state index contributed by atoms with van der Waals surface area (Å²) in [6, 6.07) is 3.81. The summed E-state index contributed by atoms with van der Waals surface area (Å²) in [5.41, 5.74) is 0. The average Bonchev–Trinajstić information content (AvgIpc) is 2.37. The van der Waals surface area contributed by atoms with Crippen LogP contribution in [0.3, 0.4) is 0 Å². The number of hydrogen-bond donors (Lipinski definition) is 0. The van der Waals surface area contributed by atoms with Crippen molar-refractivity contribution in [3.05, 3.63) is 22.4 Å². The van der Waals surface area contributed by atoms with Crippen LogP contribution in [0.4, 0.5) is 0 Å². The summed E-state index contributed by atoms with van der Waals surface area (Å²) in [5, 5.41) is 1.93. The SMILES string of the molecule is CC(=O)CC(=O)Cc1cccs1. The third-order valence-corrected chi connectivity index (χ3v) is 2.27. The van der Waals surface area contributed by atoms with Crippen LogP contribution in [0.5, 0.6) is 0 Å². The fraction of sp³-hybridized carbons (Fsp3) is 0.333. The lowest BCUT2D eigenvalue weighted by molar-refractivity contribution is -0.125. The van der Waals surface area contributed by atoms with Gasteiger partial charge in [-0.2, -0.15) is 0 Å². The molecule has 0 unspecified atom stereocenters. The molecule has 1 aromatic heterocycles. The predicted molar refractivity (Wildman–Crippen MR) is 48.3 cm³/mol. The lowest BCUT2D eigenvalue weighted by atomic mass is 10.1. The Balaban J connectivity index is 2.42. The molecule has 0 aromatic carbocycles. The van der Waals surface area contributed by atoms with E-state index in [-0.39, 0.29) is 18.0 Å². The highest BCUT2D eigenvalue weighted by Gasteiger charge is 2.06. The molecule has 12 heavy (non-hydrogen) atoms. The minimum absolute atomic E-state index is 0.00458. The molecule has 1 heterocycles. The van der Waals surface area contributed by atoms with Gasteiger partial charge in [-0.15, -0.1) is 11.3 Å². The van der Waals surface area contributed by atoms with Crippen molar-refractivity contribution in [1.29, 1.82) is 0 Å². The Morgan fingerprint density at radius 1 is 1.50 bits per heavy atom. The summed E-state index contributed by atoms with van der Waals surface area (Å²) in [4.78, 5) is 22.7. The Hall–Kier alpha value is -0.960. The zero-order valence-corrected chi connectivity index (χ0v) is 7.69. The second kappa shape index (κ2) is 4.16. The van der Waals surface area contributed by atoms with E-state index in [1.807, 2.05) is 17.5 Å². The average molecular weight is 182 g/mol. The van der Waals surface area contributed by atoms with Crippen LogP contribution in [0, 0.1) is 0 Å². The first-order valence-electron chi connectivity index (χ1n) is 3.72. The maximum absolute atomic E-state index is 11.1. The molecule has 0 saturated carbocycles. The first-order chi connectivity index (χ1) is 5.68. The topological polar surface area (TPSA) is 34.1 Å². The number of carbonyl (C=O) groups excluding carboxylic acids is 2. The highest BCUT2D eigenvalue weighted by atomic mass is 32.1. The second-order valence-electron chi connectivity index (χ2n) is 2.67. The number of carbonyl (C=O) groups is 2. The van der Waals surface area contributed by atoms with Gasteiger partial charge >= 0.3 is 0 Å². The van der Waals surface area contributed by atoms with Gasteiger partial charge in [0, 0.05) is 11.3 Å². The van der Waals surface area contributed by atoms with E-state index < -0.39 is 0 Å². The molecule has 0 radical (unpaired) electrons. The van der Waals surface area contributed by atoms with Crippen molar-refractivity contribution in [3.8, 4) is 0 Å². The number of hydrogen-bond acceptors (Lipinski definition) is 3. The first-order valence-corrected chi connectivity index (χ1v) is 4.60. The molecule has 0 amide bonds. The van der Waals surface area contributed by atoms with Gasteiger partial charge in [0.15, 0.2) is 0 Å². The van der Waals surface area contributed by atoms with Gasteiger partial charge in [-0.05, 0) is 18.4 Å². The van der Waals surface area contributed by atoms with Crippen LogP contribution in [0.2, 0.25) is 0 Å². The quantitative estimate of drug-likeness (QED) is 0.666. The molecule has 0 atom stereocenters. The molecule has 0 aliphatic rings. The van der Waals surface area contributed by atoms with E-state index in [4.69, 9.17) is 0 Å². The Bertz CT molecular complexity index is 275. The molecule has 0 aliphatic heterocycles. The maximum Gasteiger partial charge on any atom is 0.145 e. The number of ketones is 2. The summed E-state index contributed by atoms with van der Waals surface area (Å²) in [5.74, 6) is -0.0542. The summed E-state index contributed by atoms with van der Waals surface area (Å²) < 4.78 is 0. The van der Waals surface area contributed by atoms with Crippen LogP contribution in [0.15, 0.2) is 17.5 Å². The standard InChI is InChI=1S/C9H10O2S/c1-7(10)5-8(11)6-9-3-2-4-12-9/h2-4H,5-6H2,1H3. The van der Waals surface area contributed by atoms with Crippen molar-refractivity contribution in [2.75, 3.05) is 0 Å². The maximum atomic E-state index is 11.1. The van der Waals surface area contributed by atoms with Gasteiger partial charge < -0.3 is 0 Å². The summed E-state index contributed by atoms with van der Waals surface area (Å²) >= 11 is 1.55. The molecule has 1 rings (SSSR count). The van der Waals surface area contributed by atoms with Crippen molar-refractivity contribution in [2.24, 2.45) is 0 Å². The van der Waals surface area contributed by atoms with Gasteiger partial charge in [0.05, 0.1) is 6.42 Å². The minimum Gasteiger partial charge on any atom is -0.300 e. The van der Waals surface area contributed by atoms with E-state index in [0.717, 1.165) is 4.88 Å². The highest BCUT2D eigenvalue weighted by molar-refractivity contribution is 7.10. The van der Waals surface area contributed by atoms with Crippen molar-refractivity contribution < 1.29 is 9.59 Å². The van der Waals surface area contributed by atoms with Gasteiger partial charge in [0.25, 0.3) is 0 Å². The normalized spacial score (nSPS) is 9.75. The molecule has 0 spiro atoms. The molecule has 3 heteroatoms. The molecule has 2 nitrogen and oxygen atoms in total. The molecule has 0 N–H and O–H groups in total. The number of thiophene rings is 1. The molecule has 0 fully saturated rings. The molecule has 1 aromatic rings. The summed E-state index contributed by atoms with van der Waals surface area (Å²) in [6.45, 7) is 1.44. The molecule has 64 valence electrons. The van der Waals surface area contributed by atoms with E-state index in [1.54, 1.807) is 11.3 Å². The summed E-state index contributed by atoms with van der Waals surface area (Å²) in [6.07, 6.45) is 0.467. The van der Waals surface area contributed by atoms with E-state index in [1.165, 1.54) is 6.92 Å². The zero-order valence-electron chi connectivity index (χ0n) is 6.87. The molecule has 0 aliphatic carbocycles. The van der Waals surface area contributed by atoms with Gasteiger partial charge in [-0.25, -0.2) is 0 Å². The predicted octanol–water partition coefficient (Wildman–Crippen LogP) is 1.84. The monoisotopic (exact) mass is 182 g/mol. The van der Waals surface area contributed by atoms with Crippen LogP contribution in [0.25, 0.3) is 0 Å². The minimum atomic E-state index is -0.0587. The Morgan fingerprint density at radius 2 is 2.25 bits per heavy atom. The van der Waals surface area contributed by atoms with Crippen molar-refractivity contribution in [2.45, 2.75) is 19.8 Å². The third kappa shape index (κ3) is 2.96. The van der Waals surface area contributed by atoms with E-state index >= 15 is 0 Å². The van der Waals surface area contributed by atoms with Crippen molar-refractivity contribution in [3.63, 3.8) is 0 Å². The Labute approximate surface area is 75.2 Å². The lowest BCUT2D eigenvalue weighted by Crippen LogP contribution is -2.06. The van der Waals surface area contributed by atoms with Crippen LogP contribution >= 0.6 is 11.3 Å². The van der Waals surface area contributed by atoms with E-state index in [2.05, 4.69) is 0 Å². The van der Waals surface area contributed by atoms with Gasteiger partial charge in [0.2, 0.25) is 0 Å². The van der Waals surface area contributed by atoms with Gasteiger partial charge in [0.1, 0.15) is 11.6 Å². The van der Waals surface area contributed by atoms with Gasteiger partial charge in [-0.3, -0.25) is 9.59 Å². The largest absolute Gasteiger partial charge is 0.300 e. The third-order valence-electron chi connectivity index (χ3n) is 1.40. The number of Topliss-reactive ketones (excluding diaryl/α,β-unsaturated/α-hetero) is 2. The number of rotatable bonds is 4. The fourth-order valence-electron chi connectivity index (χ4n) is 0.948. The Kier molecular flexibility index (Phi) is 3.17. The van der Waals surface area contributed by atoms with E-state index in [0.29, 0.717) is 6.42 Å². The fourth-order valence-corrected chi connectivity index (χ4v) is 1.68. The van der Waals surface area contributed by atoms with E-state index in [9.17, 15) is 9.59 Å². The summed E-state index contributed by atoms with van der Waals surface area (Å²) in [7, 11) is 0. The molecular weight excluding hydrogens is 172 g/mol. The zero-order chi connectivity index (χ0) is 8.97. The van der Waals surface area contributed by atoms with Crippen LogP contribution in [-0.2, 0) is 16.0 Å². The lowest BCUT2D eigenvalue weighted by Gasteiger charge is -1.93. The van der Waals surface area contributed by atoms with Gasteiger partial charge in [-0.1, -0.05) is 6.07 Å². The highest BCUT2D eigenvalue weighted by Crippen LogP contribution is 2.10. The molecule has 0 bridgehead atoms. The molecular formula is C9H10O2S. The smallest absolute Gasteiger partial charge is 0.145 e. The first kappa shape index (κ1) is 9.13. The Morgan fingerprint density at radius 3 is 2.75 bits per heavy atom. The van der Waals surface area contributed by atoms with Crippen LogP contribution in [-0.4, -0.2) is 11.6 Å². The van der Waals surface area contributed by atoms with Crippen molar-refractivity contribution >= 4 is 22.9 Å². The van der Waals surface area contributed by atoms with Crippen LogP contribution < -0.4 is 0 Å². The second-order valence-corrected chi connectivity index (χ2v) is 3.71.